The van der Waals surface area contributed by atoms with Crippen LogP contribution in [0.25, 0.3) is 0 Å². The van der Waals surface area contributed by atoms with Crippen LogP contribution in [0, 0.1) is 13.8 Å². The molecule has 2 unspecified atom stereocenters. The number of hydrogen-bond donors (Lipinski definition) is 1. The lowest BCUT2D eigenvalue weighted by molar-refractivity contribution is 0.0695. The first-order chi connectivity index (χ1) is 9.21. The summed E-state index contributed by atoms with van der Waals surface area (Å²) in [7, 11) is -3.06. The fraction of sp³-hybridized carbons (Fsp3) is 0.692. The molecule has 1 aliphatic rings. The van der Waals surface area contributed by atoms with Crippen LogP contribution in [-0.4, -0.2) is 40.8 Å². The van der Waals surface area contributed by atoms with Crippen molar-refractivity contribution in [2.45, 2.75) is 50.8 Å². The van der Waals surface area contributed by atoms with Crippen molar-refractivity contribution in [2.75, 3.05) is 6.26 Å². The Morgan fingerprint density at radius 1 is 1.35 bits per heavy atom. The maximum atomic E-state index is 11.7. The minimum atomic E-state index is -3.06. The van der Waals surface area contributed by atoms with Crippen LogP contribution in [0.15, 0.2) is 0 Å². The molecule has 1 heterocycles. The van der Waals surface area contributed by atoms with E-state index in [0.29, 0.717) is 24.2 Å². The van der Waals surface area contributed by atoms with Crippen LogP contribution in [0.4, 0.5) is 0 Å². The van der Waals surface area contributed by atoms with E-state index in [9.17, 15) is 18.3 Å². The molecule has 1 aromatic heterocycles. The van der Waals surface area contributed by atoms with Crippen molar-refractivity contribution in [2.24, 2.45) is 0 Å². The van der Waals surface area contributed by atoms with Gasteiger partial charge in [0.05, 0.1) is 22.7 Å². The highest BCUT2D eigenvalue weighted by atomic mass is 32.2. The summed E-state index contributed by atoms with van der Waals surface area (Å²) in [6.07, 6.45) is 4.13. The van der Waals surface area contributed by atoms with E-state index in [1.807, 2.05) is 0 Å². The Morgan fingerprint density at radius 2 is 2.00 bits per heavy atom. The number of aryl methyl sites for hydroxylation is 1. The molecule has 0 amide bonds. The van der Waals surface area contributed by atoms with Gasteiger partial charge >= 0.3 is 5.97 Å². The number of aromatic nitrogens is 2. The van der Waals surface area contributed by atoms with E-state index >= 15 is 0 Å². The number of aromatic carboxylic acids is 1. The summed E-state index contributed by atoms with van der Waals surface area (Å²) in [6.45, 7) is 3.40. The Morgan fingerprint density at radius 3 is 2.50 bits per heavy atom. The normalized spacial score (nSPS) is 23.8. The quantitative estimate of drug-likeness (QED) is 0.918. The van der Waals surface area contributed by atoms with Gasteiger partial charge in [-0.3, -0.25) is 4.68 Å². The van der Waals surface area contributed by atoms with Gasteiger partial charge in [-0.15, -0.1) is 0 Å². The third kappa shape index (κ3) is 2.72. The largest absolute Gasteiger partial charge is 0.478 e. The molecule has 1 fully saturated rings. The zero-order chi connectivity index (χ0) is 15.1. The first-order valence-electron chi connectivity index (χ1n) is 6.69. The number of carbonyl (C=O) groups is 1. The highest BCUT2D eigenvalue weighted by molar-refractivity contribution is 7.91. The molecule has 2 atom stereocenters. The summed E-state index contributed by atoms with van der Waals surface area (Å²) in [5, 5.41) is 13.2. The van der Waals surface area contributed by atoms with Crippen LogP contribution < -0.4 is 0 Å². The van der Waals surface area contributed by atoms with Gasteiger partial charge in [-0.2, -0.15) is 5.10 Å². The van der Waals surface area contributed by atoms with Crippen molar-refractivity contribution >= 4 is 15.8 Å². The van der Waals surface area contributed by atoms with E-state index in [4.69, 9.17) is 0 Å². The lowest BCUT2D eigenvalue weighted by atomic mass is 9.95. The first-order valence-corrected chi connectivity index (χ1v) is 8.65. The average molecular weight is 300 g/mol. The van der Waals surface area contributed by atoms with Crippen molar-refractivity contribution in [1.29, 1.82) is 0 Å². The average Bonchev–Trinajstić information content (AvgIpc) is 2.64. The molecule has 1 aliphatic carbocycles. The van der Waals surface area contributed by atoms with E-state index in [1.54, 1.807) is 18.5 Å². The predicted octanol–water partition coefficient (Wildman–Crippen LogP) is 1.73. The second kappa shape index (κ2) is 5.20. The molecule has 6 nitrogen and oxygen atoms in total. The maximum Gasteiger partial charge on any atom is 0.339 e. The van der Waals surface area contributed by atoms with Crippen LogP contribution in [0.3, 0.4) is 0 Å². The summed E-state index contributed by atoms with van der Waals surface area (Å²) in [5.74, 6) is -0.985. The Balaban J connectivity index is 2.33. The summed E-state index contributed by atoms with van der Waals surface area (Å²) in [6, 6.07) is -0.0322. The van der Waals surface area contributed by atoms with Gasteiger partial charge in [0.1, 0.15) is 15.4 Å². The molecule has 1 N–H and O–H groups in total. The van der Waals surface area contributed by atoms with Crippen molar-refractivity contribution in [1.82, 2.24) is 9.78 Å². The molecule has 2 rings (SSSR count). The van der Waals surface area contributed by atoms with Crippen LogP contribution >= 0.6 is 0 Å². The fourth-order valence-corrected chi connectivity index (χ4v) is 4.23. The molecule has 0 bridgehead atoms. The van der Waals surface area contributed by atoms with Gasteiger partial charge in [-0.1, -0.05) is 6.42 Å². The molecule has 7 heteroatoms. The van der Waals surface area contributed by atoms with Crippen LogP contribution in [0.1, 0.15) is 53.5 Å². The standard InChI is InChI=1S/C13H20N2O4S/c1-8-12(13(16)17)9(2)15(14-8)10-5-4-6-11(7-10)20(3,18)19/h10-11H,4-7H2,1-3H3,(H,16,17). The molecule has 20 heavy (non-hydrogen) atoms. The van der Waals surface area contributed by atoms with E-state index in [1.165, 1.54) is 6.26 Å². The summed E-state index contributed by atoms with van der Waals surface area (Å²) in [5.41, 5.74) is 1.32. The molecule has 0 spiro atoms. The Bertz CT molecular complexity index is 633. The Labute approximate surface area is 118 Å². The van der Waals surface area contributed by atoms with Gasteiger partial charge in [0.25, 0.3) is 0 Å². The van der Waals surface area contributed by atoms with Gasteiger partial charge in [0.15, 0.2) is 0 Å². The molecule has 112 valence electrons. The number of nitrogens with zero attached hydrogens (tertiary/aromatic N) is 2. The second-order valence-corrected chi connectivity index (χ2v) is 7.89. The molecular weight excluding hydrogens is 280 g/mol. The SMILES string of the molecule is Cc1nn(C2CCCC(S(C)(=O)=O)C2)c(C)c1C(=O)O. The van der Waals surface area contributed by atoms with Crippen LogP contribution in [0.2, 0.25) is 0 Å². The second-order valence-electron chi connectivity index (χ2n) is 5.57. The molecule has 0 aromatic carbocycles. The molecule has 1 aromatic rings. The number of rotatable bonds is 3. The van der Waals surface area contributed by atoms with E-state index in [2.05, 4.69) is 5.10 Å². The lowest BCUT2D eigenvalue weighted by Crippen LogP contribution is -2.29. The van der Waals surface area contributed by atoms with Gasteiger partial charge in [0, 0.05) is 6.26 Å². The molecule has 0 aliphatic heterocycles. The van der Waals surface area contributed by atoms with E-state index in [-0.39, 0.29) is 16.9 Å². The molecule has 0 saturated heterocycles. The molecule has 1 saturated carbocycles. The third-order valence-corrected chi connectivity index (χ3v) is 5.73. The minimum Gasteiger partial charge on any atom is -0.478 e. The first kappa shape index (κ1) is 15.0. The van der Waals surface area contributed by atoms with Crippen LogP contribution in [0.5, 0.6) is 0 Å². The Kier molecular flexibility index (Phi) is 3.90. The summed E-state index contributed by atoms with van der Waals surface area (Å²) >= 11 is 0. The lowest BCUT2D eigenvalue weighted by Gasteiger charge is -2.29. The summed E-state index contributed by atoms with van der Waals surface area (Å²) in [4.78, 5) is 11.2. The highest BCUT2D eigenvalue weighted by Crippen LogP contribution is 2.33. The van der Waals surface area contributed by atoms with Gasteiger partial charge < -0.3 is 5.11 Å². The van der Waals surface area contributed by atoms with Crippen molar-refractivity contribution in [3.8, 4) is 0 Å². The number of sulfone groups is 1. The highest BCUT2D eigenvalue weighted by Gasteiger charge is 2.32. The van der Waals surface area contributed by atoms with E-state index < -0.39 is 15.8 Å². The van der Waals surface area contributed by atoms with Crippen molar-refractivity contribution < 1.29 is 18.3 Å². The molecule has 0 radical (unpaired) electrons. The zero-order valence-corrected chi connectivity index (χ0v) is 12.8. The topological polar surface area (TPSA) is 89.3 Å². The van der Waals surface area contributed by atoms with Gasteiger partial charge in [-0.05, 0) is 33.1 Å². The smallest absolute Gasteiger partial charge is 0.339 e. The minimum absolute atomic E-state index is 0.0322. The number of carboxylic acid groups (broad SMARTS) is 1. The Hall–Kier alpha value is -1.37. The predicted molar refractivity (Wildman–Crippen MR) is 74.8 cm³/mol. The number of carboxylic acids is 1. The third-order valence-electron chi connectivity index (χ3n) is 4.09. The summed E-state index contributed by atoms with van der Waals surface area (Å²) < 4.78 is 25.1. The van der Waals surface area contributed by atoms with E-state index in [0.717, 1.165) is 12.8 Å². The van der Waals surface area contributed by atoms with Crippen molar-refractivity contribution in [3.63, 3.8) is 0 Å². The zero-order valence-electron chi connectivity index (χ0n) is 12.0. The van der Waals surface area contributed by atoms with Gasteiger partial charge in [0.2, 0.25) is 0 Å². The maximum absolute atomic E-state index is 11.7. The van der Waals surface area contributed by atoms with Crippen LogP contribution in [-0.2, 0) is 9.84 Å². The molecular formula is C13H20N2O4S. The number of hydrogen-bond acceptors (Lipinski definition) is 4. The monoisotopic (exact) mass is 300 g/mol. The van der Waals surface area contributed by atoms with Gasteiger partial charge in [-0.25, -0.2) is 13.2 Å². The van der Waals surface area contributed by atoms with Crippen molar-refractivity contribution in [3.05, 3.63) is 17.0 Å². The fourth-order valence-electron chi connectivity index (χ4n) is 3.06.